The Kier molecular flexibility index (Phi) is 5.39. The molecule has 0 aliphatic rings. The van der Waals surface area contributed by atoms with Crippen molar-refractivity contribution in [3.05, 3.63) is 48.0 Å². The zero-order valence-electron chi connectivity index (χ0n) is 16.2. The minimum Gasteiger partial charge on any atom is -0.497 e. The minimum atomic E-state index is -0.326. The molecule has 150 valence electrons. The van der Waals surface area contributed by atoms with Gasteiger partial charge in [0.15, 0.2) is 5.82 Å². The molecular formula is C20H19FN4O3S. The number of thioether (sulfide) groups is 1. The van der Waals surface area contributed by atoms with Crippen LogP contribution in [0.15, 0.2) is 46.0 Å². The standard InChI is InChI=1S/C20H19FN4O3S/c1-4-25-16-7-5-6-15(21)18(16)22-17(25)11-29-20-24-23-19(28-20)12-8-13(26-2)10-14(9-12)27-3/h5-10H,4,11H2,1-3H3. The van der Waals surface area contributed by atoms with Crippen LogP contribution in [0.4, 0.5) is 4.39 Å². The number of aromatic nitrogens is 4. The van der Waals surface area contributed by atoms with Crippen molar-refractivity contribution in [1.29, 1.82) is 0 Å². The molecule has 4 aromatic rings. The van der Waals surface area contributed by atoms with Crippen LogP contribution < -0.4 is 9.47 Å². The molecule has 0 amide bonds. The normalized spacial score (nSPS) is 11.2. The number of para-hydroxylation sites is 1. The molecule has 0 aliphatic carbocycles. The van der Waals surface area contributed by atoms with Crippen molar-refractivity contribution in [2.75, 3.05) is 14.2 Å². The van der Waals surface area contributed by atoms with Gasteiger partial charge in [-0.25, -0.2) is 9.37 Å². The molecule has 4 rings (SSSR count). The summed E-state index contributed by atoms with van der Waals surface area (Å²) in [4.78, 5) is 4.45. The van der Waals surface area contributed by atoms with Crippen molar-refractivity contribution < 1.29 is 18.3 Å². The molecule has 0 bridgehead atoms. The molecule has 0 saturated heterocycles. The van der Waals surface area contributed by atoms with Crippen LogP contribution in [0.1, 0.15) is 12.7 Å². The van der Waals surface area contributed by atoms with Crippen LogP contribution in [0, 0.1) is 5.82 Å². The van der Waals surface area contributed by atoms with E-state index in [0.717, 1.165) is 11.3 Å². The first-order valence-corrected chi connectivity index (χ1v) is 9.94. The highest BCUT2D eigenvalue weighted by atomic mass is 32.2. The third-order valence-corrected chi connectivity index (χ3v) is 5.27. The van der Waals surface area contributed by atoms with Gasteiger partial charge in [0.2, 0.25) is 5.89 Å². The van der Waals surface area contributed by atoms with Crippen LogP contribution in [0.5, 0.6) is 11.5 Å². The molecule has 0 N–H and O–H groups in total. The third kappa shape index (κ3) is 3.77. The van der Waals surface area contributed by atoms with Crippen LogP contribution in [0.3, 0.4) is 0 Å². The van der Waals surface area contributed by atoms with Crippen molar-refractivity contribution in [3.63, 3.8) is 0 Å². The van der Waals surface area contributed by atoms with E-state index >= 15 is 0 Å². The Morgan fingerprint density at radius 3 is 2.55 bits per heavy atom. The minimum absolute atomic E-state index is 0.326. The number of fused-ring (bicyclic) bond motifs is 1. The predicted octanol–water partition coefficient (Wildman–Crippen LogP) is 4.55. The molecule has 2 aromatic heterocycles. The lowest BCUT2D eigenvalue weighted by atomic mass is 10.2. The van der Waals surface area contributed by atoms with Crippen LogP contribution in [-0.4, -0.2) is 34.0 Å². The fourth-order valence-corrected chi connectivity index (χ4v) is 3.78. The molecule has 7 nitrogen and oxygen atoms in total. The Bertz CT molecular complexity index is 1140. The Morgan fingerprint density at radius 1 is 1.10 bits per heavy atom. The number of methoxy groups -OCH3 is 2. The summed E-state index contributed by atoms with van der Waals surface area (Å²) >= 11 is 1.35. The maximum absolute atomic E-state index is 14.0. The molecule has 0 fully saturated rings. The Labute approximate surface area is 170 Å². The molecule has 2 aromatic carbocycles. The van der Waals surface area contributed by atoms with E-state index in [1.165, 1.54) is 17.8 Å². The summed E-state index contributed by atoms with van der Waals surface area (Å²) < 4.78 is 32.4. The molecular weight excluding hydrogens is 395 g/mol. The van der Waals surface area contributed by atoms with Crippen LogP contribution in [0.2, 0.25) is 0 Å². The number of ether oxygens (including phenoxy) is 2. The van der Waals surface area contributed by atoms with Gasteiger partial charge in [-0.1, -0.05) is 17.8 Å². The summed E-state index contributed by atoms with van der Waals surface area (Å²) in [7, 11) is 3.16. The summed E-state index contributed by atoms with van der Waals surface area (Å²) in [5, 5.41) is 8.61. The second-order valence-electron chi connectivity index (χ2n) is 6.14. The first-order chi connectivity index (χ1) is 14.1. The lowest BCUT2D eigenvalue weighted by molar-refractivity contribution is 0.394. The van der Waals surface area contributed by atoms with Crippen molar-refractivity contribution in [2.24, 2.45) is 0 Å². The van der Waals surface area contributed by atoms with Gasteiger partial charge >= 0.3 is 0 Å². The fourth-order valence-electron chi connectivity index (χ4n) is 3.07. The average molecular weight is 414 g/mol. The number of aryl methyl sites for hydroxylation is 1. The summed E-state index contributed by atoms with van der Waals surface area (Å²) in [6.07, 6.45) is 0. The van der Waals surface area contributed by atoms with E-state index in [1.54, 1.807) is 38.5 Å². The van der Waals surface area contributed by atoms with Gasteiger partial charge in [0.25, 0.3) is 5.22 Å². The summed E-state index contributed by atoms with van der Waals surface area (Å²) in [5.41, 5.74) is 1.85. The fraction of sp³-hybridized carbons (Fsp3) is 0.250. The second-order valence-corrected chi connectivity index (χ2v) is 7.07. The Hall–Kier alpha value is -3.07. The van der Waals surface area contributed by atoms with Gasteiger partial charge in [0.05, 0.1) is 25.5 Å². The molecule has 0 aliphatic heterocycles. The molecule has 0 saturated carbocycles. The highest BCUT2D eigenvalue weighted by Crippen LogP contribution is 2.31. The summed E-state index contributed by atoms with van der Waals surface area (Å²) in [6.45, 7) is 2.69. The number of hydrogen-bond donors (Lipinski definition) is 0. The van der Waals surface area contributed by atoms with Gasteiger partial charge in [0, 0.05) is 18.2 Å². The molecule has 0 radical (unpaired) electrons. The summed E-state index contributed by atoms with van der Waals surface area (Å²) in [5.74, 6) is 2.52. The monoisotopic (exact) mass is 414 g/mol. The first kappa shape index (κ1) is 19.3. The lowest BCUT2D eigenvalue weighted by Crippen LogP contribution is -2.00. The number of halogens is 1. The lowest BCUT2D eigenvalue weighted by Gasteiger charge is -2.05. The molecule has 2 heterocycles. The molecule has 0 atom stereocenters. The first-order valence-electron chi connectivity index (χ1n) is 8.96. The van der Waals surface area contributed by atoms with E-state index in [0.29, 0.717) is 46.0 Å². The average Bonchev–Trinajstić information content (AvgIpc) is 3.36. The maximum Gasteiger partial charge on any atom is 0.277 e. The molecule has 0 unspecified atom stereocenters. The molecule has 0 spiro atoms. The van der Waals surface area contributed by atoms with Crippen molar-refractivity contribution in [3.8, 4) is 23.0 Å². The van der Waals surface area contributed by atoms with Crippen molar-refractivity contribution in [2.45, 2.75) is 24.4 Å². The van der Waals surface area contributed by atoms with E-state index in [2.05, 4.69) is 15.2 Å². The number of imidazole rings is 1. The van der Waals surface area contributed by atoms with E-state index in [9.17, 15) is 4.39 Å². The number of benzene rings is 2. The summed E-state index contributed by atoms with van der Waals surface area (Å²) in [6, 6.07) is 10.3. The molecule has 29 heavy (non-hydrogen) atoms. The highest BCUT2D eigenvalue weighted by Gasteiger charge is 2.16. The number of rotatable bonds is 7. The van der Waals surface area contributed by atoms with E-state index < -0.39 is 0 Å². The van der Waals surface area contributed by atoms with Crippen LogP contribution >= 0.6 is 11.8 Å². The van der Waals surface area contributed by atoms with Crippen molar-refractivity contribution in [1.82, 2.24) is 19.7 Å². The van der Waals surface area contributed by atoms with E-state index in [1.807, 2.05) is 17.6 Å². The maximum atomic E-state index is 14.0. The van der Waals surface area contributed by atoms with Gasteiger partial charge in [-0.3, -0.25) is 0 Å². The van der Waals surface area contributed by atoms with E-state index in [4.69, 9.17) is 13.9 Å². The SMILES string of the molecule is CCn1c(CSc2nnc(-c3cc(OC)cc(OC)c3)o2)nc2c(F)cccc21. The topological polar surface area (TPSA) is 75.2 Å². The highest BCUT2D eigenvalue weighted by molar-refractivity contribution is 7.98. The van der Waals surface area contributed by atoms with Gasteiger partial charge in [0.1, 0.15) is 22.8 Å². The quantitative estimate of drug-likeness (QED) is 0.411. The van der Waals surface area contributed by atoms with E-state index in [-0.39, 0.29) is 5.82 Å². The zero-order chi connectivity index (χ0) is 20.4. The van der Waals surface area contributed by atoms with Gasteiger partial charge in [-0.2, -0.15) is 0 Å². The molecule has 9 heteroatoms. The number of hydrogen-bond acceptors (Lipinski definition) is 7. The van der Waals surface area contributed by atoms with Gasteiger partial charge in [-0.15, -0.1) is 10.2 Å². The Balaban J connectivity index is 1.56. The van der Waals surface area contributed by atoms with Gasteiger partial charge < -0.3 is 18.5 Å². The zero-order valence-corrected chi connectivity index (χ0v) is 17.0. The predicted molar refractivity (Wildman–Crippen MR) is 108 cm³/mol. The van der Waals surface area contributed by atoms with Crippen LogP contribution in [0.25, 0.3) is 22.5 Å². The number of nitrogens with zero attached hydrogens (tertiary/aromatic N) is 4. The second kappa shape index (κ2) is 8.12. The Morgan fingerprint density at radius 2 is 1.86 bits per heavy atom. The van der Waals surface area contributed by atoms with Crippen LogP contribution in [-0.2, 0) is 12.3 Å². The van der Waals surface area contributed by atoms with Gasteiger partial charge in [-0.05, 0) is 31.2 Å². The largest absolute Gasteiger partial charge is 0.497 e. The van der Waals surface area contributed by atoms with Crippen molar-refractivity contribution >= 4 is 22.8 Å². The third-order valence-electron chi connectivity index (χ3n) is 4.45. The smallest absolute Gasteiger partial charge is 0.277 e.